The van der Waals surface area contributed by atoms with Gasteiger partial charge in [0.15, 0.2) is 0 Å². The van der Waals surface area contributed by atoms with Crippen LogP contribution in [-0.2, 0) is 4.74 Å². The largest absolute Gasteiger partial charge is 0.499 e. The number of allylic oxidation sites excluding steroid dienone is 1. The van der Waals surface area contributed by atoms with Gasteiger partial charge in [0.1, 0.15) is 0 Å². The Morgan fingerprint density at radius 2 is 1.91 bits per heavy atom. The van der Waals surface area contributed by atoms with Crippen LogP contribution < -0.4 is 0 Å². The van der Waals surface area contributed by atoms with E-state index in [9.17, 15) is 0 Å². The maximum atomic E-state index is 8.88. The molecule has 0 bridgehead atoms. The van der Waals surface area contributed by atoms with Crippen molar-refractivity contribution in [3.8, 4) is 6.07 Å². The fraction of sp³-hybridized carbons (Fsp3) is 0.571. The number of hydrogen-bond donors (Lipinski definition) is 0. The van der Waals surface area contributed by atoms with Crippen molar-refractivity contribution in [3.05, 3.63) is 47.7 Å². The third kappa shape index (κ3) is 5.75. The average molecular weight is 311 g/mol. The number of ether oxygens (including phenoxy) is 1. The van der Waals surface area contributed by atoms with E-state index >= 15 is 0 Å². The minimum absolute atomic E-state index is 0.328. The second-order valence-electron chi connectivity index (χ2n) is 6.76. The normalized spacial score (nSPS) is 22.7. The molecule has 2 heteroatoms. The van der Waals surface area contributed by atoms with Crippen molar-refractivity contribution in [2.45, 2.75) is 70.8 Å². The Morgan fingerprint density at radius 3 is 2.52 bits per heavy atom. The summed E-state index contributed by atoms with van der Waals surface area (Å²) in [5, 5.41) is 8.88. The molecule has 0 radical (unpaired) electrons. The van der Waals surface area contributed by atoms with Crippen LogP contribution in [0.15, 0.2) is 36.6 Å². The average Bonchev–Trinajstić information content (AvgIpc) is 2.61. The van der Waals surface area contributed by atoms with Crippen LogP contribution in [0.4, 0.5) is 0 Å². The molecule has 2 rings (SSSR count). The molecule has 2 nitrogen and oxygen atoms in total. The first-order valence-electron chi connectivity index (χ1n) is 9.03. The molecule has 1 unspecified atom stereocenters. The summed E-state index contributed by atoms with van der Waals surface area (Å²) in [6.45, 7) is 4.29. The van der Waals surface area contributed by atoms with E-state index < -0.39 is 0 Å². The van der Waals surface area contributed by atoms with Gasteiger partial charge in [-0.25, -0.2) is 0 Å². The molecule has 0 spiro atoms. The number of rotatable bonds is 7. The molecule has 1 aliphatic rings. The lowest BCUT2D eigenvalue weighted by Gasteiger charge is -2.29. The Hall–Kier alpha value is -1.75. The highest BCUT2D eigenvalue weighted by Gasteiger charge is 2.22. The second kappa shape index (κ2) is 9.40. The monoisotopic (exact) mass is 311 g/mol. The van der Waals surface area contributed by atoms with Crippen LogP contribution in [0.1, 0.15) is 75.8 Å². The summed E-state index contributed by atoms with van der Waals surface area (Å²) in [5.74, 6) is 1.53. The second-order valence-corrected chi connectivity index (χ2v) is 6.76. The van der Waals surface area contributed by atoms with Gasteiger partial charge in [0.2, 0.25) is 0 Å². The predicted molar refractivity (Wildman–Crippen MR) is 95.1 cm³/mol. The van der Waals surface area contributed by atoms with Crippen LogP contribution in [0.2, 0.25) is 0 Å². The molecule has 1 aromatic carbocycles. The Morgan fingerprint density at radius 1 is 1.22 bits per heavy atom. The van der Waals surface area contributed by atoms with E-state index in [-0.39, 0.29) is 0 Å². The molecule has 0 amide bonds. The van der Waals surface area contributed by atoms with Gasteiger partial charge >= 0.3 is 0 Å². The summed E-state index contributed by atoms with van der Waals surface area (Å²) in [6, 6.07) is 10.4. The molecule has 0 aliphatic heterocycles. The number of hydrogen-bond acceptors (Lipinski definition) is 2. The van der Waals surface area contributed by atoms with Gasteiger partial charge < -0.3 is 4.74 Å². The first kappa shape index (κ1) is 17.6. The van der Waals surface area contributed by atoms with Gasteiger partial charge in [0, 0.05) is 0 Å². The molecule has 1 fully saturated rings. The Kier molecular flexibility index (Phi) is 7.20. The highest BCUT2D eigenvalue weighted by Crippen LogP contribution is 2.37. The van der Waals surface area contributed by atoms with E-state index in [2.05, 4.69) is 38.1 Å². The first-order chi connectivity index (χ1) is 11.2. The lowest BCUT2D eigenvalue weighted by molar-refractivity contribution is 0.138. The SMILES string of the molecule is CCC=COC(C)CCC1CCC(c2ccc(C#N)cc2)CC1. The molecule has 0 aromatic heterocycles. The highest BCUT2D eigenvalue weighted by molar-refractivity contribution is 5.33. The number of nitrogens with zero attached hydrogens (tertiary/aromatic N) is 1. The third-order valence-corrected chi connectivity index (χ3v) is 4.98. The summed E-state index contributed by atoms with van der Waals surface area (Å²) in [6.07, 6.45) is 12.9. The summed E-state index contributed by atoms with van der Waals surface area (Å²) < 4.78 is 5.68. The van der Waals surface area contributed by atoms with Crippen LogP contribution in [0.5, 0.6) is 0 Å². The molecule has 1 atom stereocenters. The summed E-state index contributed by atoms with van der Waals surface area (Å²) in [5.41, 5.74) is 2.16. The Bertz CT molecular complexity index is 518. The molecule has 1 aromatic rings. The maximum Gasteiger partial charge on any atom is 0.0991 e. The number of benzene rings is 1. The molecular weight excluding hydrogens is 282 g/mol. The summed E-state index contributed by atoms with van der Waals surface area (Å²) in [4.78, 5) is 0. The van der Waals surface area contributed by atoms with Crippen molar-refractivity contribution in [2.24, 2.45) is 5.92 Å². The van der Waals surface area contributed by atoms with Crippen molar-refractivity contribution in [3.63, 3.8) is 0 Å². The van der Waals surface area contributed by atoms with Crippen LogP contribution in [0.25, 0.3) is 0 Å². The van der Waals surface area contributed by atoms with Crippen molar-refractivity contribution in [1.29, 1.82) is 5.26 Å². The molecular formula is C21H29NO. The molecule has 0 heterocycles. The van der Waals surface area contributed by atoms with Crippen molar-refractivity contribution in [2.75, 3.05) is 0 Å². The molecule has 0 N–H and O–H groups in total. The van der Waals surface area contributed by atoms with Gasteiger partial charge in [-0.15, -0.1) is 0 Å². The van der Waals surface area contributed by atoms with Crippen molar-refractivity contribution < 1.29 is 4.74 Å². The molecule has 0 saturated heterocycles. The van der Waals surface area contributed by atoms with Gasteiger partial charge in [-0.05, 0) is 81.4 Å². The zero-order valence-corrected chi connectivity index (χ0v) is 14.5. The minimum atomic E-state index is 0.328. The third-order valence-electron chi connectivity index (χ3n) is 4.98. The van der Waals surface area contributed by atoms with E-state index in [1.165, 1.54) is 37.7 Å². The van der Waals surface area contributed by atoms with Crippen LogP contribution in [0, 0.1) is 17.2 Å². The van der Waals surface area contributed by atoms with Crippen LogP contribution in [0.3, 0.4) is 0 Å². The molecule has 23 heavy (non-hydrogen) atoms. The fourth-order valence-corrected chi connectivity index (χ4v) is 3.44. The van der Waals surface area contributed by atoms with Gasteiger partial charge in [0.25, 0.3) is 0 Å². The van der Waals surface area contributed by atoms with Crippen LogP contribution in [-0.4, -0.2) is 6.10 Å². The maximum absolute atomic E-state index is 8.88. The molecule has 1 saturated carbocycles. The lowest BCUT2D eigenvalue weighted by Crippen LogP contribution is -2.15. The Balaban J connectivity index is 1.71. The van der Waals surface area contributed by atoms with E-state index in [4.69, 9.17) is 10.00 Å². The topological polar surface area (TPSA) is 33.0 Å². The van der Waals surface area contributed by atoms with Gasteiger partial charge in [-0.1, -0.05) is 25.1 Å². The van der Waals surface area contributed by atoms with E-state index in [0.29, 0.717) is 12.0 Å². The summed E-state index contributed by atoms with van der Waals surface area (Å²) in [7, 11) is 0. The Labute approximate surface area is 141 Å². The van der Waals surface area contributed by atoms with E-state index in [0.717, 1.165) is 24.3 Å². The smallest absolute Gasteiger partial charge is 0.0991 e. The van der Waals surface area contributed by atoms with Gasteiger partial charge in [-0.3, -0.25) is 0 Å². The van der Waals surface area contributed by atoms with Crippen molar-refractivity contribution in [1.82, 2.24) is 0 Å². The predicted octanol–water partition coefficient (Wildman–Crippen LogP) is 5.94. The highest BCUT2D eigenvalue weighted by atomic mass is 16.5. The van der Waals surface area contributed by atoms with Gasteiger partial charge in [0.05, 0.1) is 24.0 Å². The molecule has 1 aliphatic carbocycles. The lowest BCUT2D eigenvalue weighted by atomic mass is 9.77. The summed E-state index contributed by atoms with van der Waals surface area (Å²) >= 11 is 0. The molecule has 124 valence electrons. The van der Waals surface area contributed by atoms with Crippen LogP contribution >= 0.6 is 0 Å². The van der Waals surface area contributed by atoms with E-state index in [1.807, 2.05) is 18.4 Å². The quantitative estimate of drug-likeness (QED) is 0.584. The zero-order chi connectivity index (χ0) is 16.5. The van der Waals surface area contributed by atoms with E-state index in [1.54, 1.807) is 0 Å². The fourth-order valence-electron chi connectivity index (χ4n) is 3.44. The van der Waals surface area contributed by atoms with Crippen molar-refractivity contribution >= 4 is 0 Å². The number of nitriles is 1. The standard InChI is InChI=1S/C21H29NO/c1-3-4-15-23-17(2)5-6-18-7-11-20(12-8-18)21-13-9-19(16-22)10-14-21/h4,9-10,13-15,17-18,20H,3,5-8,11-12H2,1-2H3. The van der Waals surface area contributed by atoms with Gasteiger partial charge in [-0.2, -0.15) is 5.26 Å². The first-order valence-corrected chi connectivity index (χ1v) is 9.03. The minimum Gasteiger partial charge on any atom is -0.499 e. The zero-order valence-electron chi connectivity index (χ0n) is 14.5.